The first-order valence-electron chi connectivity index (χ1n) is 32.4. The molecule has 0 bridgehead atoms. The molecule has 614 valence electrons. The topological polar surface area (TPSA) is 3.24 Å². The lowest BCUT2D eigenvalue weighted by molar-refractivity contribution is 0.450. The van der Waals surface area contributed by atoms with Crippen molar-refractivity contribution in [1.82, 2.24) is 4.48 Å². The molecule has 10 rings (SSSR count). The molecule has 0 aliphatic carbocycles. The SMILES string of the molecule is C=Cc1c(F)c(F)c([B-](c2c(F)c(F)c(C=C)c(F)c2F)(c2c(F)c(F)c(C=C)c(F)c2F)c2c(F)c(F)c(C=C)c(F)c2F)c(F)c1F.C=Cc1c(F)c(F)c([B-](c2c(F)c(F)c(C=C)c(F)c2F)(c2c(F)c(F)c(C=C)c(F)c2F)c2c(F)c(F)c(C=C)c(F)c2F)c(F)c1F.CN(C)c1ccccc1.C[N+](C)(C)c1ccccc1. The van der Waals surface area contributed by atoms with Gasteiger partial charge >= 0.3 is 0 Å². The van der Waals surface area contributed by atoms with Gasteiger partial charge in [0, 0.05) is 19.8 Å². The minimum absolute atomic E-state index is 0.0213. The molecule has 0 fully saturated rings. The van der Waals surface area contributed by atoms with Crippen LogP contribution in [0.15, 0.2) is 113 Å². The molecule has 0 spiro atoms. The molecule has 0 heterocycles. The van der Waals surface area contributed by atoms with Crippen LogP contribution in [0.4, 0.5) is 152 Å². The molecule has 117 heavy (non-hydrogen) atoms. The number of quaternary nitrogens is 1. The Kier molecular flexibility index (Phi) is 27.6. The van der Waals surface area contributed by atoms with Crippen molar-refractivity contribution in [2.24, 2.45) is 0 Å². The molecule has 0 aliphatic heterocycles. The summed E-state index contributed by atoms with van der Waals surface area (Å²) in [5.41, 5.74) is -36.8. The summed E-state index contributed by atoms with van der Waals surface area (Å²) < 4.78 is 504. The minimum atomic E-state index is -6.71. The fraction of sp³-hybridized carbons (Fsp3) is 0.0617. The fourth-order valence-electron chi connectivity index (χ4n) is 13.1. The lowest BCUT2D eigenvalue weighted by atomic mass is 9.12. The second kappa shape index (κ2) is 35.1. The Bertz CT molecular complexity index is 4660. The van der Waals surface area contributed by atoms with Crippen LogP contribution in [0.3, 0.4) is 0 Å². The van der Waals surface area contributed by atoms with Gasteiger partial charge in [0.25, 0.3) is 0 Å². The third kappa shape index (κ3) is 14.8. The Labute approximate surface area is 642 Å². The number of benzene rings is 10. The Morgan fingerprint density at radius 2 is 0.325 bits per heavy atom. The van der Waals surface area contributed by atoms with Crippen molar-refractivity contribution in [1.29, 1.82) is 0 Å². The molecule has 0 atom stereocenters. The summed E-state index contributed by atoms with van der Waals surface area (Å²) in [6.45, 7) is 22.6. The van der Waals surface area contributed by atoms with Gasteiger partial charge in [0.15, 0.2) is 93.1 Å². The van der Waals surface area contributed by atoms with E-state index < -0.39 is 287 Å². The lowest BCUT2D eigenvalue weighted by Crippen LogP contribution is -2.81. The van der Waals surface area contributed by atoms with Crippen LogP contribution in [-0.4, -0.2) is 47.5 Å². The highest BCUT2D eigenvalue weighted by Gasteiger charge is 2.54. The summed E-state index contributed by atoms with van der Waals surface area (Å²) >= 11 is 0. The Morgan fingerprint density at radius 3 is 0.410 bits per heavy atom. The van der Waals surface area contributed by atoms with Gasteiger partial charge in [-0.3, -0.25) is 4.48 Å². The smallest absolute Gasteiger partial charge is 0.165 e. The predicted molar refractivity (Wildman–Crippen MR) is 386 cm³/mol. The van der Waals surface area contributed by atoms with E-state index in [-0.39, 0.29) is 48.6 Å². The summed E-state index contributed by atoms with van der Waals surface area (Å²) in [6.07, 6.45) is -13.3. The van der Waals surface area contributed by atoms with E-state index in [2.05, 4.69) is 115 Å². The molecule has 10 aromatic rings. The monoisotopic (exact) mass is 1680 g/mol. The van der Waals surface area contributed by atoms with Crippen LogP contribution in [0.2, 0.25) is 0 Å². The van der Waals surface area contributed by atoms with Gasteiger partial charge in [-0.15, -0.1) is 43.7 Å². The van der Waals surface area contributed by atoms with Crippen molar-refractivity contribution >= 4 is 116 Å². The molecule has 0 aliphatic rings. The zero-order valence-electron chi connectivity index (χ0n) is 60.2. The Morgan fingerprint density at radius 1 is 0.205 bits per heavy atom. The molecular weight excluding hydrogens is 1630 g/mol. The normalized spacial score (nSPS) is 11.4. The van der Waals surface area contributed by atoms with E-state index in [4.69, 9.17) is 0 Å². The number of hydrogen-bond acceptors (Lipinski definition) is 1. The van der Waals surface area contributed by atoms with E-state index in [1.165, 1.54) is 11.4 Å². The van der Waals surface area contributed by atoms with Crippen LogP contribution < -0.4 is 53.1 Å². The van der Waals surface area contributed by atoms with Crippen LogP contribution in [0, 0.1) is 186 Å². The molecule has 0 saturated carbocycles. The van der Waals surface area contributed by atoms with Gasteiger partial charge in [-0.05, 0) is 24.3 Å². The molecule has 2 nitrogen and oxygen atoms in total. The molecular formula is C81H49B2F32N2-. The molecule has 10 aromatic carbocycles. The Balaban J connectivity index is 0.000000262. The summed E-state index contributed by atoms with van der Waals surface area (Å²) in [6, 6.07) is 20.7. The number of halogens is 32. The standard InChI is InChI=1S/2C32H12BF16.C9H14N.C8H11N/c2*1-5-9-17(34)25(42)13(26(43)18(9)35)33(14-27(44)19(36)10(6-2)20(37)28(14)45,15-29(46)21(38)11(7-3)22(39)30(15)47)16-31(48)23(40)12(8-4)24(41)32(16)49;1-10(2,3)9-7-5-4-6-8-9;1-9(2)8-6-4-3-5-7-8/h2*5-8H,1-4H2;4-8H,1-3H3;3-7H,1-2H3/q2*-1;+1;. The van der Waals surface area contributed by atoms with Gasteiger partial charge < -0.3 is 4.90 Å². The summed E-state index contributed by atoms with van der Waals surface area (Å²) in [5, 5.41) is 0. The highest BCUT2D eigenvalue weighted by Crippen LogP contribution is 2.37. The highest BCUT2D eigenvalue weighted by atomic mass is 19.2. The molecule has 0 N–H and O–H groups in total. The first-order valence-corrected chi connectivity index (χ1v) is 32.4. The van der Waals surface area contributed by atoms with Crippen LogP contribution in [0.25, 0.3) is 48.6 Å². The number of nitrogens with zero attached hydrogens (tertiary/aromatic N) is 2. The van der Waals surface area contributed by atoms with Gasteiger partial charge in [-0.25, -0.2) is 140 Å². The molecule has 0 amide bonds. The van der Waals surface area contributed by atoms with E-state index in [1.807, 2.05) is 38.4 Å². The van der Waals surface area contributed by atoms with E-state index >= 15 is 140 Å². The van der Waals surface area contributed by atoms with E-state index in [0.29, 0.717) is 0 Å². The lowest BCUT2D eigenvalue weighted by Gasteiger charge is -2.45. The zero-order valence-corrected chi connectivity index (χ0v) is 60.2. The number of rotatable bonds is 18. The maximum absolute atomic E-state index is 16.1. The molecule has 36 heteroatoms. The molecule has 0 radical (unpaired) electrons. The third-order valence-corrected chi connectivity index (χ3v) is 18.6. The van der Waals surface area contributed by atoms with Crippen molar-refractivity contribution in [3.05, 3.63) is 344 Å². The van der Waals surface area contributed by atoms with Gasteiger partial charge in [-0.2, -0.15) is 0 Å². The number of anilines is 1. The largest absolute Gasteiger partial charge is 0.378 e. The van der Waals surface area contributed by atoms with Crippen molar-refractivity contribution in [3.8, 4) is 0 Å². The van der Waals surface area contributed by atoms with Crippen molar-refractivity contribution in [2.75, 3.05) is 40.1 Å². The quantitative estimate of drug-likeness (QED) is 0.0358. The highest BCUT2D eigenvalue weighted by molar-refractivity contribution is 7.21. The fourth-order valence-corrected chi connectivity index (χ4v) is 13.1. The average Bonchev–Trinajstić information content (AvgIpc) is 0.684. The van der Waals surface area contributed by atoms with Crippen LogP contribution in [-0.2, 0) is 0 Å². The van der Waals surface area contributed by atoms with Gasteiger partial charge in [0.05, 0.1) is 65.7 Å². The van der Waals surface area contributed by atoms with Gasteiger partial charge in [0.1, 0.15) is 111 Å². The Hall–Kier alpha value is -12.2. The van der Waals surface area contributed by atoms with Gasteiger partial charge in [-0.1, -0.05) is 138 Å². The van der Waals surface area contributed by atoms with Gasteiger partial charge in [0.2, 0.25) is 0 Å². The first kappa shape index (κ1) is 91.9. The molecule has 0 aromatic heterocycles. The first-order chi connectivity index (χ1) is 54.6. The van der Waals surface area contributed by atoms with Crippen LogP contribution >= 0.6 is 0 Å². The second-order valence-corrected chi connectivity index (χ2v) is 25.6. The van der Waals surface area contributed by atoms with E-state index in [9.17, 15) is 0 Å². The predicted octanol–water partition coefficient (Wildman–Crippen LogP) is 19.4. The molecule has 0 saturated heterocycles. The van der Waals surface area contributed by atoms with Crippen molar-refractivity contribution in [2.45, 2.75) is 0 Å². The summed E-state index contributed by atoms with van der Waals surface area (Å²) in [7, 11) is 10.6. The van der Waals surface area contributed by atoms with Crippen LogP contribution in [0.5, 0.6) is 0 Å². The summed E-state index contributed by atoms with van der Waals surface area (Å²) in [4.78, 5) is 2.08. The van der Waals surface area contributed by atoms with E-state index in [0.717, 1.165) is 4.48 Å². The van der Waals surface area contributed by atoms with Crippen molar-refractivity contribution in [3.63, 3.8) is 0 Å². The van der Waals surface area contributed by atoms with E-state index in [1.54, 1.807) is 0 Å². The van der Waals surface area contributed by atoms with Crippen molar-refractivity contribution < 1.29 is 140 Å². The number of para-hydroxylation sites is 2. The maximum atomic E-state index is 16.1. The second-order valence-electron chi connectivity index (χ2n) is 25.6. The minimum Gasteiger partial charge on any atom is -0.378 e. The summed E-state index contributed by atoms with van der Waals surface area (Å²) in [5.74, 6) is -95.0. The molecule has 0 unspecified atom stereocenters. The zero-order chi connectivity index (χ0) is 88.7. The maximum Gasteiger partial charge on any atom is 0.165 e. The van der Waals surface area contributed by atoms with Crippen LogP contribution in [0.1, 0.15) is 44.5 Å². The third-order valence-electron chi connectivity index (χ3n) is 18.6. The number of hydrogen-bond donors (Lipinski definition) is 0. The average molecular weight is 1680 g/mol.